The summed E-state index contributed by atoms with van der Waals surface area (Å²) in [6.07, 6.45) is 3.55. The van der Waals surface area contributed by atoms with Gasteiger partial charge < -0.3 is 10.4 Å². The molecule has 1 aromatic rings. The third-order valence-electron chi connectivity index (χ3n) is 3.32. The molecule has 3 nitrogen and oxygen atoms in total. The van der Waals surface area contributed by atoms with Crippen LogP contribution in [-0.2, 0) is 11.3 Å². The summed E-state index contributed by atoms with van der Waals surface area (Å²) in [4.78, 5) is 12.1. The second kappa shape index (κ2) is 5.98. The van der Waals surface area contributed by atoms with Crippen molar-refractivity contribution in [3.8, 4) is 0 Å². The van der Waals surface area contributed by atoms with E-state index < -0.39 is 5.97 Å². The molecule has 2 N–H and O–H groups in total. The maximum atomic E-state index is 10.8. The highest BCUT2D eigenvalue weighted by Crippen LogP contribution is 2.26. The Bertz CT molecular complexity index is 386. The predicted molar refractivity (Wildman–Crippen MR) is 72.2 cm³/mol. The number of aliphatic carboxylic acids is 1. The summed E-state index contributed by atoms with van der Waals surface area (Å²) in [7, 11) is 0. The van der Waals surface area contributed by atoms with Crippen LogP contribution in [0.3, 0.4) is 0 Å². The zero-order chi connectivity index (χ0) is 12.3. The van der Waals surface area contributed by atoms with Gasteiger partial charge in [0, 0.05) is 21.9 Å². The standard InChI is InChI=1S/C12H16BrNO2S/c13-10-5-6-17-11(10)7-14-9-3-1-8(2-4-9)12(15)16/h5-6,8-9,14H,1-4,7H2,(H,15,16). The van der Waals surface area contributed by atoms with Gasteiger partial charge in [0.05, 0.1) is 5.92 Å². The Kier molecular flexibility index (Phi) is 4.59. The molecular weight excluding hydrogens is 302 g/mol. The lowest BCUT2D eigenvalue weighted by Crippen LogP contribution is -2.34. The van der Waals surface area contributed by atoms with E-state index in [1.54, 1.807) is 11.3 Å². The molecule has 0 amide bonds. The average molecular weight is 318 g/mol. The molecule has 94 valence electrons. The molecule has 1 aliphatic carbocycles. The summed E-state index contributed by atoms with van der Waals surface area (Å²) in [5.41, 5.74) is 0. The third kappa shape index (κ3) is 3.53. The summed E-state index contributed by atoms with van der Waals surface area (Å²) in [6.45, 7) is 0.876. The highest BCUT2D eigenvalue weighted by atomic mass is 79.9. The Morgan fingerprint density at radius 1 is 1.47 bits per heavy atom. The fourth-order valence-electron chi connectivity index (χ4n) is 2.23. The number of thiophene rings is 1. The topological polar surface area (TPSA) is 49.3 Å². The van der Waals surface area contributed by atoms with E-state index in [0.717, 1.165) is 36.7 Å². The van der Waals surface area contributed by atoms with Crippen molar-refractivity contribution in [2.75, 3.05) is 0 Å². The van der Waals surface area contributed by atoms with Crippen molar-refractivity contribution in [2.45, 2.75) is 38.3 Å². The van der Waals surface area contributed by atoms with Crippen molar-refractivity contribution in [2.24, 2.45) is 5.92 Å². The Hall–Kier alpha value is -0.390. The van der Waals surface area contributed by atoms with E-state index in [1.165, 1.54) is 4.88 Å². The first-order valence-corrected chi connectivity index (χ1v) is 7.52. The maximum absolute atomic E-state index is 10.8. The molecule has 0 aromatic carbocycles. The molecule has 1 aromatic heterocycles. The Labute approximate surface area is 113 Å². The zero-order valence-electron chi connectivity index (χ0n) is 9.49. The largest absolute Gasteiger partial charge is 0.481 e. The lowest BCUT2D eigenvalue weighted by atomic mass is 9.86. The van der Waals surface area contributed by atoms with Crippen molar-refractivity contribution in [3.63, 3.8) is 0 Å². The van der Waals surface area contributed by atoms with Gasteiger partial charge in [-0.3, -0.25) is 4.79 Å². The molecule has 0 saturated heterocycles. The van der Waals surface area contributed by atoms with Gasteiger partial charge in [-0.1, -0.05) is 0 Å². The summed E-state index contributed by atoms with van der Waals surface area (Å²) in [6, 6.07) is 2.53. The van der Waals surface area contributed by atoms with Gasteiger partial charge in [0.2, 0.25) is 0 Å². The summed E-state index contributed by atoms with van der Waals surface area (Å²) >= 11 is 5.25. The van der Waals surface area contributed by atoms with E-state index in [9.17, 15) is 4.79 Å². The van der Waals surface area contributed by atoms with Crippen LogP contribution in [0.4, 0.5) is 0 Å². The summed E-state index contributed by atoms with van der Waals surface area (Å²) < 4.78 is 1.16. The monoisotopic (exact) mass is 317 g/mol. The fraction of sp³-hybridized carbons (Fsp3) is 0.583. The molecule has 0 atom stereocenters. The number of halogens is 1. The molecule has 0 radical (unpaired) electrons. The van der Waals surface area contributed by atoms with Crippen molar-refractivity contribution in [1.29, 1.82) is 0 Å². The van der Waals surface area contributed by atoms with Crippen LogP contribution < -0.4 is 5.32 Å². The second-order valence-electron chi connectivity index (χ2n) is 4.46. The lowest BCUT2D eigenvalue weighted by Gasteiger charge is -2.26. The van der Waals surface area contributed by atoms with Crippen LogP contribution in [0, 0.1) is 5.92 Å². The van der Waals surface area contributed by atoms with Crippen LogP contribution in [0.5, 0.6) is 0 Å². The normalized spacial score (nSPS) is 24.8. The molecule has 1 heterocycles. The molecule has 0 spiro atoms. The first-order valence-electron chi connectivity index (χ1n) is 5.85. The van der Waals surface area contributed by atoms with Gasteiger partial charge >= 0.3 is 5.97 Å². The van der Waals surface area contributed by atoms with E-state index in [-0.39, 0.29) is 5.92 Å². The van der Waals surface area contributed by atoms with Gasteiger partial charge in [-0.15, -0.1) is 11.3 Å². The number of rotatable bonds is 4. The number of carbonyl (C=O) groups is 1. The number of hydrogen-bond acceptors (Lipinski definition) is 3. The van der Waals surface area contributed by atoms with Gasteiger partial charge in [-0.2, -0.15) is 0 Å². The zero-order valence-corrected chi connectivity index (χ0v) is 11.9. The van der Waals surface area contributed by atoms with Gasteiger partial charge in [-0.05, 0) is 53.1 Å². The molecule has 0 unspecified atom stereocenters. The molecule has 0 bridgehead atoms. The van der Waals surface area contributed by atoms with E-state index >= 15 is 0 Å². The van der Waals surface area contributed by atoms with Gasteiger partial charge in [0.15, 0.2) is 0 Å². The first-order chi connectivity index (χ1) is 8.16. The minimum absolute atomic E-state index is 0.124. The van der Waals surface area contributed by atoms with Gasteiger partial charge in [0.1, 0.15) is 0 Å². The molecule has 5 heteroatoms. The quantitative estimate of drug-likeness (QED) is 0.896. The highest BCUT2D eigenvalue weighted by molar-refractivity contribution is 9.10. The second-order valence-corrected chi connectivity index (χ2v) is 6.31. The van der Waals surface area contributed by atoms with E-state index in [0.29, 0.717) is 6.04 Å². The highest BCUT2D eigenvalue weighted by Gasteiger charge is 2.25. The van der Waals surface area contributed by atoms with Gasteiger partial charge in [-0.25, -0.2) is 0 Å². The summed E-state index contributed by atoms with van der Waals surface area (Å²) in [5, 5.41) is 14.5. The van der Waals surface area contributed by atoms with E-state index in [1.807, 2.05) is 0 Å². The third-order valence-corrected chi connectivity index (χ3v) is 5.25. The van der Waals surface area contributed by atoms with Crippen molar-refractivity contribution in [1.82, 2.24) is 5.32 Å². The number of carboxylic acids is 1. The number of nitrogens with one attached hydrogen (secondary N) is 1. The fourth-order valence-corrected chi connectivity index (χ4v) is 3.68. The SMILES string of the molecule is O=C(O)C1CCC(NCc2sccc2Br)CC1. The van der Waals surface area contributed by atoms with Gasteiger partial charge in [0.25, 0.3) is 0 Å². The van der Waals surface area contributed by atoms with E-state index in [2.05, 4.69) is 32.7 Å². The summed E-state index contributed by atoms with van der Waals surface area (Å²) in [5.74, 6) is -0.758. The van der Waals surface area contributed by atoms with Crippen LogP contribution in [-0.4, -0.2) is 17.1 Å². The minimum Gasteiger partial charge on any atom is -0.481 e. The van der Waals surface area contributed by atoms with E-state index in [4.69, 9.17) is 5.11 Å². The van der Waals surface area contributed by atoms with Crippen LogP contribution in [0.15, 0.2) is 15.9 Å². The lowest BCUT2D eigenvalue weighted by molar-refractivity contribution is -0.142. The number of hydrogen-bond donors (Lipinski definition) is 2. The molecule has 1 saturated carbocycles. The molecular formula is C12H16BrNO2S. The van der Waals surface area contributed by atoms with Crippen molar-refractivity contribution in [3.05, 3.63) is 20.8 Å². The van der Waals surface area contributed by atoms with Crippen molar-refractivity contribution < 1.29 is 9.90 Å². The minimum atomic E-state index is -0.635. The molecule has 1 fully saturated rings. The van der Waals surface area contributed by atoms with Crippen LogP contribution >= 0.6 is 27.3 Å². The van der Waals surface area contributed by atoms with Crippen LogP contribution in [0.1, 0.15) is 30.6 Å². The first kappa shape index (κ1) is 13.1. The molecule has 2 rings (SSSR count). The smallest absolute Gasteiger partial charge is 0.306 e. The molecule has 0 aliphatic heterocycles. The van der Waals surface area contributed by atoms with Crippen LogP contribution in [0.2, 0.25) is 0 Å². The van der Waals surface area contributed by atoms with Crippen LogP contribution in [0.25, 0.3) is 0 Å². The predicted octanol–water partition coefficient (Wildman–Crippen LogP) is 3.24. The Morgan fingerprint density at radius 2 is 2.18 bits per heavy atom. The Morgan fingerprint density at radius 3 is 2.71 bits per heavy atom. The van der Waals surface area contributed by atoms with Crippen molar-refractivity contribution >= 4 is 33.2 Å². The molecule has 17 heavy (non-hydrogen) atoms. The average Bonchev–Trinajstić information content (AvgIpc) is 2.73. The molecule has 1 aliphatic rings. The maximum Gasteiger partial charge on any atom is 0.306 e. The Balaban J connectivity index is 1.75. The number of carboxylic acid groups (broad SMARTS) is 1.